The van der Waals surface area contributed by atoms with E-state index in [0.29, 0.717) is 0 Å². The molecule has 0 atom stereocenters. The van der Waals surface area contributed by atoms with E-state index in [0.717, 1.165) is 33.7 Å². The molecule has 0 bridgehead atoms. The Kier molecular flexibility index (Phi) is 5.49. The summed E-state index contributed by atoms with van der Waals surface area (Å²) in [6, 6.07) is 25.9. The van der Waals surface area contributed by atoms with E-state index in [9.17, 15) is 4.79 Å². The number of ether oxygens (including phenoxy) is 1. The SMILES string of the molecule is COc1ccc(NC(C)=O)c(/C(=C/c2ccccc2)c2ccccc2)c1. The van der Waals surface area contributed by atoms with Crippen LogP contribution >= 0.6 is 0 Å². The number of carbonyl (C=O) groups is 1. The summed E-state index contributed by atoms with van der Waals surface area (Å²) >= 11 is 0. The van der Waals surface area contributed by atoms with Gasteiger partial charge in [-0.25, -0.2) is 0 Å². The number of nitrogens with one attached hydrogen (secondary N) is 1. The zero-order valence-corrected chi connectivity index (χ0v) is 14.9. The Balaban J connectivity index is 2.22. The molecule has 0 spiro atoms. The lowest BCUT2D eigenvalue weighted by Crippen LogP contribution is -2.08. The Labute approximate surface area is 154 Å². The molecule has 3 heteroatoms. The first kappa shape index (κ1) is 17.5. The van der Waals surface area contributed by atoms with Crippen LogP contribution in [0.15, 0.2) is 78.9 Å². The van der Waals surface area contributed by atoms with Crippen molar-refractivity contribution in [3.8, 4) is 5.75 Å². The number of methoxy groups -OCH3 is 1. The molecular formula is C23H21NO2. The van der Waals surface area contributed by atoms with Gasteiger partial charge < -0.3 is 10.1 Å². The van der Waals surface area contributed by atoms with Gasteiger partial charge in [0, 0.05) is 18.2 Å². The molecule has 3 rings (SSSR count). The number of hydrogen-bond acceptors (Lipinski definition) is 2. The van der Waals surface area contributed by atoms with Crippen LogP contribution in [0.3, 0.4) is 0 Å². The zero-order valence-electron chi connectivity index (χ0n) is 14.9. The van der Waals surface area contributed by atoms with Crippen molar-refractivity contribution < 1.29 is 9.53 Å². The first-order valence-electron chi connectivity index (χ1n) is 8.45. The minimum Gasteiger partial charge on any atom is -0.497 e. The molecule has 0 saturated heterocycles. The van der Waals surface area contributed by atoms with Crippen LogP contribution in [-0.4, -0.2) is 13.0 Å². The van der Waals surface area contributed by atoms with E-state index in [1.165, 1.54) is 6.92 Å². The first-order chi connectivity index (χ1) is 12.7. The second-order valence-electron chi connectivity index (χ2n) is 5.93. The summed E-state index contributed by atoms with van der Waals surface area (Å²) in [7, 11) is 1.64. The highest BCUT2D eigenvalue weighted by molar-refractivity contribution is 5.99. The second-order valence-corrected chi connectivity index (χ2v) is 5.93. The molecule has 0 aliphatic heterocycles. The maximum Gasteiger partial charge on any atom is 0.221 e. The van der Waals surface area contributed by atoms with Gasteiger partial charge in [-0.2, -0.15) is 0 Å². The zero-order chi connectivity index (χ0) is 18.4. The van der Waals surface area contributed by atoms with Crippen LogP contribution in [0.25, 0.3) is 11.6 Å². The molecule has 130 valence electrons. The Hall–Kier alpha value is -3.33. The Morgan fingerprint density at radius 1 is 0.923 bits per heavy atom. The summed E-state index contributed by atoms with van der Waals surface area (Å²) in [6.45, 7) is 1.51. The van der Waals surface area contributed by atoms with Gasteiger partial charge in [0.25, 0.3) is 0 Å². The smallest absolute Gasteiger partial charge is 0.221 e. The number of rotatable bonds is 5. The average Bonchev–Trinajstić information content (AvgIpc) is 2.68. The van der Waals surface area contributed by atoms with Gasteiger partial charge in [-0.15, -0.1) is 0 Å². The minimum absolute atomic E-state index is 0.108. The summed E-state index contributed by atoms with van der Waals surface area (Å²) in [5, 5.41) is 2.93. The second kappa shape index (κ2) is 8.17. The summed E-state index contributed by atoms with van der Waals surface area (Å²) in [6.07, 6.45) is 2.12. The molecular weight excluding hydrogens is 322 g/mol. The van der Waals surface area contributed by atoms with E-state index in [2.05, 4.69) is 35.7 Å². The lowest BCUT2D eigenvalue weighted by Gasteiger charge is -2.16. The summed E-state index contributed by atoms with van der Waals surface area (Å²) in [5.41, 5.74) is 4.83. The first-order valence-corrected chi connectivity index (χ1v) is 8.45. The maximum atomic E-state index is 11.7. The summed E-state index contributed by atoms with van der Waals surface area (Å²) < 4.78 is 5.41. The molecule has 0 radical (unpaired) electrons. The molecule has 0 unspecified atom stereocenters. The molecule has 1 N–H and O–H groups in total. The quantitative estimate of drug-likeness (QED) is 0.643. The highest BCUT2D eigenvalue weighted by Crippen LogP contribution is 2.34. The van der Waals surface area contributed by atoms with Crippen LogP contribution in [0.1, 0.15) is 23.6 Å². The maximum absolute atomic E-state index is 11.7. The molecule has 0 aliphatic rings. The molecule has 0 aliphatic carbocycles. The summed E-state index contributed by atoms with van der Waals surface area (Å²) in [5.74, 6) is 0.632. The average molecular weight is 343 g/mol. The van der Waals surface area contributed by atoms with Crippen molar-refractivity contribution in [1.82, 2.24) is 0 Å². The van der Waals surface area contributed by atoms with E-state index in [1.807, 2.05) is 54.6 Å². The molecule has 1 amide bonds. The van der Waals surface area contributed by atoms with Gasteiger partial charge in [0.1, 0.15) is 5.75 Å². The van der Waals surface area contributed by atoms with Crippen LogP contribution in [-0.2, 0) is 4.79 Å². The van der Waals surface area contributed by atoms with E-state index in [4.69, 9.17) is 4.74 Å². The van der Waals surface area contributed by atoms with Crippen molar-refractivity contribution in [3.05, 3.63) is 95.6 Å². The summed E-state index contributed by atoms with van der Waals surface area (Å²) in [4.78, 5) is 11.7. The van der Waals surface area contributed by atoms with Crippen LogP contribution in [0.5, 0.6) is 5.75 Å². The van der Waals surface area contributed by atoms with Crippen LogP contribution in [0.2, 0.25) is 0 Å². The van der Waals surface area contributed by atoms with Gasteiger partial charge in [0.15, 0.2) is 0 Å². The van der Waals surface area contributed by atoms with Crippen molar-refractivity contribution in [2.45, 2.75) is 6.92 Å². The van der Waals surface area contributed by atoms with Crippen LogP contribution < -0.4 is 10.1 Å². The molecule has 0 heterocycles. The molecule has 0 fully saturated rings. The highest BCUT2D eigenvalue weighted by atomic mass is 16.5. The van der Waals surface area contributed by atoms with Crippen molar-refractivity contribution in [2.24, 2.45) is 0 Å². The molecule has 3 aromatic carbocycles. The minimum atomic E-state index is -0.108. The number of carbonyl (C=O) groups excluding carboxylic acids is 1. The van der Waals surface area contributed by atoms with Gasteiger partial charge in [-0.1, -0.05) is 60.7 Å². The van der Waals surface area contributed by atoms with E-state index < -0.39 is 0 Å². The molecule has 0 aromatic heterocycles. The number of anilines is 1. The van der Waals surface area contributed by atoms with Gasteiger partial charge in [-0.05, 0) is 41.0 Å². The van der Waals surface area contributed by atoms with Gasteiger partial charge in [-0.3, -0.25) is 4.79 Å². The fourth-order valence-electron chi connectivity index (χ4n) is 2.82. The van der Waals surface area contributed by atoms with Crippen molar-refractivity contribution in [3.63, 3.8) is 0 Å². The monoisotopic (exact) mass is 343 g/mol. The van der Waals surface area contributed by atoms with E-state index >= 15 is 0 Å². The molecule has 26 heavy (non-hydrogen) atoms. The highest BCUT2D eigenvalue weighted by Gasteiger charge is 2.13. The topological polar surface area (TPSA) is 38.3 Å². The van der Waals surface area contributed by atoms with Crippen molar-refractivity contribution in [1.29, 1.82) is 0 Å². The Bertz CT molecular complexity index is 915. The standard InChI is InChI=1S/C23H21NO2/c1-17(25)24-23-14-13-20(26-2)16-22(23)21(19-11-7-4-8-12-19)15-18-9-5-3-6-10-18/h3-16H,1-2H3,(H,24,25)/b21-15+. The normalized spacial score (nSPS) is 11.1. The van der Waals surface area contributed by atoms with E-state index in [-0.39, 0.29) is 5.91 Å². The predicted octanol–water partition coefficient (Wildman–Crippen LogP) is 5.24. The van der Waals surface area contributed by atoms with Gasteiger partial charge in [0.2, 0.25) is 5.91 Å². The fourth-order valence-corrected chi connectivity index (χ4v) is 2.82. The van der Waals surface area contributed by atoms with Crippen molar-refractivity contribution >= 4 is 23.2 Å². The van der Waals surface area contributed by atoms with Crippen LogP contribution in [0, 0.1) is 0 Å². The van der Waals surface area contributed by atoms with E-state index in [1.54, 1.807) is 7.11 Å². The largest absolute Gasteiger partial charge is 0.497 e. The Morgan fingerprint density at radius 3 is 2.19 bits per heavy atom. The number of hydrogen-bond donors (Lipinski definition) is 1. The molecule has 3 aromatic rings. The lowest BCUT2D eigenvalue weighted by atomic mass is 9.94. The third kappa shape index (κ3) is 4.19. The molecule has 3 nitrogen and oxygen atoms in total. The van der Waals surface area contributed by atoms with Crippen LogP contribution in [0.4, 0.5) is 5.69 Å². The fraction of sp³-hybridized carbons (Fsp3) is 0.0870. The number of benzene rings is 3. The van der Waals surface area contributed by atoms with Gasteiger partial charge >= 0.3 is 0 Å². The third-order valence-corrected chi connectivity index (χ3v) is 4.02. The van der Waals surface area contributed by atoms with Crippen molar-refractivity contribution in [2.75, 3.05) is 12.4 Å². The van der Waals surface area contributed by atoms with Gasteiger partial charge in [0.05, 0.1) is 7.11 Å². The lowest BCUT2D eigenvalue weighted by molar-refractivity contribution is -0.114. The Morgan fingerprint density at radius 2 is 1.58 bits per heavy atom. The predicted molar refractivity (Wildman–Crippen MR) is 107 cm³/mol. The molecule has 0 saturated carbocycles. The number of amides is 1. The third-order valence-electron chi connectivity index (χ3n) is 4.02.